The van der Waals surface area contributed by atoms with Crippen LogP contribution < -0.4 is 4.90 Å². The van der Waals surface area contributed by atoms with Gasteiger partial charge in [0.25, 0.3) is 0 Å². The average molecular weight is 193 g/mol. The molecule has 1 unspecified atom stereocenters. The molecule has 14 heavy (non-hydrogen) atoms. The minimum Gasteiger partial charge on any atom is -0.391 e. The van der Waals surface area contributed by atoms with E-state index in [-0.39, 0.29) is 12.3 Å². The minimum atomic E-state index is -0.580. The number of aromatic nitrogens is 2. The van der Waals surface area contributed by atoms with Crippen LogP contribution in [0.25, 0.3) is 0 Å². The van der Waals surface area contributed by atoms with Crippen molar-refractivity contribution in [2.45, 2.75) is 19.4 Å². The lowest BCUT2D eigenvalue weighted by Crippen LogP contribution is -2.27. The Morgan fingerprint density at radius 2 is 2.21 bits per heavy atom. The number of hydrogen-bond acceptors (Lipinski definition) is 4. The maximum atomic E-state index is 11.4. The van der Waals surface area contributed by atoms with Crippen LogP contribution in [-0.4, -0.2) is 33.6 Å². The summed E-state index contributed by atoms with van der Waals surface area (Å²) in [7, 11) is 0. The number of aryl methyl sites for hydroxylation is 1. The number of hydrogen-bond donors (Lipinski definition) is 1. The normalized spacial score (nSPS) is 21.7. The van der Waals surface area contributed by atoms with Crippen LogP contribution >= 0.6 is 0 Å². The summed E-state index contributed by atoms with van der Waals surface area (Å²) < 4.78 is 0. The molecule has 1 amide bonds. The Hall–Kier alpha value is -1.49. The standard InChI is InChI=1S/C9H11N3O2/c1-6-9(11-3-2-10-6)12-5-7(13)4-8(12)14/h2-3,7,13H,4-5H2,1H3. The summed E-state index contributed by atoms with van der Waals surface area (Å²) in [5, 5.41) is 9.31. The highest BCUT2D eigenvalue weighted by atomic mass is 16.3. The van der Waals surface area contributed by atoms with Crippen molar-refractivity contribution in [3.63, 3.8) is 0 Å². The van der Waals surface area contributed by atoms with Gasteiger partial charge in [-0.1, -0.05) is 0 Å². The average Bonchev–Trinajstić information content (AvgIpc) is 2.46. The van der Waals surface area contributed by atoms with E-state index in [2.05, 4.69) is 9.97 Å². The van der Waals surface area contributed by atoms with Gasteiger partial charge in [-0.15, -0.1) is 0 Å². The number of carbonyl (C=O) groups excluding carboxylic acids is 1. The predicted molar refractivity (Wildman–Crippen MR) is 49.7 cm³/mol. The second-order valence-electron chi connectivity index (χ2n) is 3.33. The fourth-order valence-corrected chi connectivity index (χ4v) is 1.56. The number of aliphatic hydroxyl groups excluding tert-OH is 1. The highest BCUT2D eigenvalue weighted by Crippen LogP contribution is 2.20. The molecule has 1 saturated heterocycles. The van der Waals surface area contributed by atoms with Crippen molar-refractivity contribution < 1.29 is 9.90 Å². The summed E-state index contributed by atoms with van der Waals surface area (Å²) in [6.45, 7) is 2.11. The monoisotopic (exact) mass is 193 g/mol. The molecule has 5 nitrogen and oxygen atoms in total. The third kappa shape index (κ3) is 1.46. The molecule has 0 aliphatic carbocycles. The van der Waals surface area contributed by atoms with E-state index in [0.29, 0.717) is 18.1 Å². The Morgan fingerprint density at radius 1 is 1.50 bits per heavy atom. The highest BCUT2D eigenvalue weighted by Gasteiger charge is 2.30. The predicted octanol–water partition coefficient (Wildman–Crippen LogP) is -0.117. The molecule has 0 spiro atoms. The molecule has 1 aliphatic rings. The van der Waals surface area contributed by atoms with Gasteiger partial charge in [-0.25, -0.2) is 4.98 Å². The number of β-amino-alcohol motifs (C(OH)–C–C–N with tert-alkyl or cyclic N) is 1. The van der Waals surface area contributed by atoms with Crippen LogP contribution in [0.3, 0.4) is 0 Å². The summed E-state index contributed by atoms with van der Waals surface area (Å²) in [4.78, 5) is 21.0. The lowest BCUT2D eigenvalue weighted by molar-refractivity contribution is -0.117. The van der Waals surface area contributed by atoms with Gasteiger partial charge in [0.1, 0.15) is 0 Å². The van der Waals surface area contributed by atoms with Gasteiger partial charge in [0.05, 0.1) is 24.8 Å². The first kappa shape index (κ1) is 9.08. The van der Waals surface area contributed by atoms with Crippen LogP contribution in [0.2, 0.25) is 0 Å². The third-order valence-corrected chi connectivity index (χ3v) is 2.22. The quantitative estimate of drug-likeness (QED) is 0.675. The maximum Gasteiger partial charge on any atom is 0.230 e. The van der Waals surface area contributed by atoms with E-state index in [1.165, 1.54) is 4.90 Å². The number of carbonyl (C=O) groups is 1. The zero-order valence-corrected chi connectivity index (χ0v) is 7.84. The smallest absolute Gasteiger partial charge is 0.230 e. The van der Waals surface area contributed by atoms with Crippen LogP contribution in [-0.2, 0) is 4.79 Å². The van der Waals surface area contributed by atoms with Gasteiger partial charge in [0.2, 0.25) is 5.91 Å². The van der Waals surface area contributed by atoms with E-state index in [9.17, 15) is 9.90 Å². The van der Waals surface area contributed by atoms with Crippen molar-refractivity contribution in [1.82, 2.24) is 9.97 Å². The van der Waals surface area contributed by atoms with Gasteiger partial charge >= 0.3 is 0 Å². The Kier molecular flexibility index (Phi) is 2.17. The molecule has 2 heterocycles. The fraction of sp³-hybridized carbons (Fsp3) is 0.444. The molecule has 0 bridgehead atoms. The van der Waals surface area contributed by atoms with Crippen LogP contribution in [0.15, 0.2) is 12.4 Å². The maximum absolute atomic E-state index is 11.4. The molecule has 0 aromatic carbocycles. The van der Waals surface area contributed by atoms with E-state index >= 15 is 0 Å². The topological polar surface area (TPSA) is 66.3 Å². The molecular formula is C9H11N3O2. The van der Waals surface area contributed by atoms with Crippen molar-refractivity contribution in [2.75, 3.05) is 11.4 Å². The van der Waals surface area contributed by atoms with Gasteiger partial charge < -0.3 is 5.11 Å². The summed E-state index contributed by atoms with van der Waals surface area (Å²) in [6.07, 6.45) is 2.72. The molecule has 1 fully saturated rings. The fourth-order valence-electron chi connectivity index (χ4n) is 1.56. The highest BCUT2D eigenvalue weighted by molar-refractivity contribution is 5.95. The lowest BCUT2D eigenvalue weighted by atomic mass is 10.3. The first-order valence-electron chi connectivity index (χ1n) is 4.44. The molecule has 0 radical (unpaired) electrons. The Labute approximate surface area is 81.4 Å². The number of nitrogens with zero attached hydrogens (tertiary/aromatic N) is 3. The molecule has 1 aliphatic heterocycles. The molecular weight excluding hydrogens is 182 g/mol. The van der Waals surface area contributed by atoms with Crippen LogP contribution in [0.1, 0.15) is 12.1 Å². The van der Waals surface area contributed by atoms with Crippen molar-refractivity contribution in [3.05, 3.63) is 18.1 Å². The van der Waals surface area contributed by atoms with Crippen molar-refractivity contribution >= 4 is 11.7 Å². The number of anilines is 1. The molecule has 1 aromatic heterocycles. The lowest BCUT2D eigenvalue weighted by Gasteiger charge is -2.15. The first-order valence-corrected chi connectivity index (χ1v) is 4.44. The summed E-state index contributed by atoms with van der Waals surface area (Å²) >= 11 is 0. The second kappa shape index (κ2) is 3.34. The van der Waals surface area contributed by atoms with Crippen LogP contribution in [0.4, 0.5) is 5.82 Å². The summed E-state index contributed by atoms with van der Waals surface area (Å²) in [5.41, 5.74) is 0.704. The molecule has 5 heteroatoms. The zero-order valence-electron chi connectivity index (χ0n) is 7.84. The first-order chi connectivity index (χ1) is 6.68. The van der Waals surface area contributed by atoms with Gasteiger partial charge in [0, 0.05) is 12.4 Å². The Morgan fingerprint density at radius 3 is 2.79 bits per heavy atom. The van der Waals surface area contributed by atoms with E-state index < -0.39 is 6.10 Å². The molecule has 0 saturated carbocycles. The Balaban J connectivity index is 2.32. The number of rotatable bonds is 1. The SMILES string of the molecule is Cc1nccnc1N1CC(O)CC1=O. The zero-order chi connectivity index (χ0) is 10.1. The Bertz CT molecular complexity index is 367. The van der Waals surface area contributed by atoms with Gasteiger partial charge in [-0.05, 0) is 6.92 Å². The number of aliphatic hydroxyl groups is 1. The van der Waals surface area contributed by atoms with Crippen molar-refractivity contribution in [2.24, 2.45) is 0 Å². The van der Waals surface area contributed by atoms with E-state index in [4.69, 9.17) is 0 Å². The van der Waals surface area contributed by atoms with Gasteiger partial charge in [-0.3, -0.25) is 14.7 Å². The van der Waals surface area contributed by atoms with Crippen LogP contribution in [0.5, 0.6) is 0 Å². The van der Waals surface area contributed by atoms with Crippen molar-refractivity contribution in [3.8, 4) is 0 Å². The molecule has 1 N–H and O–H groups in total. The molecule has 1 atom stereocenters. The van der Waals surface area contributed by atoms with E-state index in [1.54, 1.807) is 19.3 Å². The molecule has 2 rings (SSSR count). The van der Waals surface area contributed by atoms with E-state index in [0.717, 1.165) is 0 Å². The van der Waals surface area contributed by atoms with E-state index in [1.807, 2.05) is 0 Å². The number of amides is 1. The van der Waals surface area contributed by atoms with Crippen LogP contribution in [0, 0.1) is 6.92 Å². The minimum absolute atomic E-state index is 0.0962. The van der Waals surface area contributed by atoms with Crippen molar-refractivity contribution in [1.29, 1.82) is 0 Å². The molecule has 74 valence electrons. The third-order valence-electron chi connectivity index (χ3n) is 2.22. The summed E-state index contributed by atoms with van der Waals surface area (Å²) in [5.74, 6) is 0.454. The molecule has 1 aromatic rings. The van der Waals surface area contributed by atoms with Gasteiger partial charge in [0.15, 0.2) is 5.82 Å². The summed E-state index contributed by atoms with van der Waals surface area (Å²) in [6, 6.07) is 0. The second-order valence-corrected chi connectivity index (χ2v) is 3.33. The largest absolute Gasteiger partial charge is 0.391 e. The van der Waals surface area contributed by atoms with Gasteiger partial charge in [-0.2, -0.15) is 0 Å².